The Morgan fingerprint density at radius 3 is 2.65 bits per heavy atom. The van der Waals surface area contributed by atoms with Crippen molar-refractivity contribution in [3.8, 4) is 11.5 Å². The summed E-state index contributed by atoms with van der Waals surface area (Å²) in [5, 5.41) is 3.88. The summed E-state index contributed by atoms with van der Waals surface area (Å²) in [6.45, 7) is 2.03. The van der Waals surface area contributed by atoms with Crippen LogP contribution in [0.4, 0.5) is 0 Å². The quantitative estimate of drug-likeness (QED) is 0.311. The predicted molar refractivity (Wildman–Crippen MR) is 104 cm³/mol. The van der Waals surface area contributed by atoms with Crippen molar-refractivity contribution < 1.29 is 17.3 Å². The van der Waals surface area contributed by atoms with Crippen molar-refractivity contribution in [1.29, 1.82) is 0 Å². The molecule has 0 aromatic heterocycles. The molecule has 0 aliphatic carbocycles. The van der Waals surface area contributed by atoms with Crippen LogP contribution in [0.5, 0.6) is 11.5 Å². The topological polar surface area (TPSA) is 103 Å². The zero-order valence-electron chi connectivity index (χ0n) is 13.7. The smallest absolute Gasteiger partial charge is 0.339 e. The summed E-state index contributed by atoms with van der Waals surface area (Å²) in [5.74, 6) is 0.0631. The fraction of sp³-hybridized carbons (Fsp3) is 0.125. The van der Waals surface area contributed by atoms with Gasteiger partial charge < -0.3 is 14.7 Å². The van der Waals surface area contributed by atoms with Gasteiger partial charge in [0.2, 0.25) is 5.75 Å². The lowest BCUT2D eigenvalue weighted by molar-refractivity contribution is 0.327. The Hall–Kier alpha value is -2.36. The molecule has 0 unspecified atom stereocenters. The number of ether oxygens (including phenoxy) is 1. The molecule has 0 heterocycles. The van der Waals surface area contributed by atoms with Crippen LogP contribution in [0.2, 0.25) is 5.02 Å². The number of hydrazone groups is 1. The monoisotopic (exact) mass is 413 g/mol. The highest BCUT2D eigenvalue weighted by molar-refractivity contribution is 7.87. The van der Waals surface area contributed by atoms with Crippen molar-refractivity contribution in [1.82, 2.24) is 5.43 Å². The Kier molecular flexibility index (Phi) is 6.78. The maximum Gasteiger partial charge on any atom is 0.339 e. The van der Waals surface area contributed by atoms with Crippen LogP contribution < -0.4 is 20.1 Å². The average Bonchev–Trinajstić information content (AvgIpc) is 2.59. The summed E-state index contributed by atoms with van der Waals surface area (Å²) >= 11 is 10.8. The number of nitrogens with zero attached hydrogens (tertiary/aromatic N) is 1. The average molecular weight is 414 g/mol. The molecule has 2 rings (SSSR count). The van der Waals surface area contributed by atoms with Crippen molar-refractivity contribution in [3.05, 3.63) is 53.1 Å². The highest BCUT2D eigenvalue weighted by Gasteiger charge is 2.22. The molecule has 0 fully saturated rings. The molecule has 0 aliphatic rings. The van der Waals surface area contributed by atoms with E-state index in [-0.39, 0.29) is 33.1 Å². The fourth-order valence-electron chi connectivity index (χ4n) is 1.92. The first-order valence-corrected chi connectivity index (χ1v) is 9.57. The van der Waals surface area contributed by atoms with Gasteiger partial charge in [0.25, 0.3) is 0 Å². The number of benzene rings is 2. The van der Waals surface area contributed by atoms with Gasteiger partial charge in [0, 0.05) is 0 Å². The van der Waals surface area contributed by atoms with Crippen LogP contribution in [0.1, 0.15) is 12.5 Å². The van der Waals surface area contributed by atoms with Gasteiger partial charge in [-0.05, 0) is 49.0 Å². The van der Waals surface area contributed by atoms with Gasteiger partial charge in [-0.1, -0.05) is 29.8 Å². The number of thiocarbonyl (C=S) groups is 1. The summed E-state index contributed by atoms with van der Waals surface area (Å²) in [5.41, 5.74) is 8.22. The molecule has 0 saturated carbocycles. The fourth-order valence-corrected chi connectivity index (χ4v) is 3.26. The zero-order chi connectivity index (χ0) is 19.2. The zero-order valence-corrected chi connectivity index (χ0v) is 16.1. The maximum absolute atomic E-state index is 12.4. The van der Waals surface area contributed by atoms with Crippen LogP contribution in [-0.2, 0) is 10.1 Å². The number of halogens is 1. The van der Waals surface area contributed by atoms with E-state index in [0.29, 0.717) is 5.56 Å². The largest absolute Gasteiger partial charge is 0.490 e. The number of hydrogen-bond acceptors (Lipinski definition) is 6. The molecule has 7 nitrogen and oxygen atoms in total. The van der Waals surface area contributed by atoms with E-state index in [1.54, 1.807) is 25.1 Å². The van der Waals surface area contributed by atoms with Crippen molar-refractivity contribution in [3.63, 3.8) is 0 Å². The number of rotatable bonds is 7. The number of nitrogens with two attached hydrogens (primary N) is 1. The third-order valence-electron chi connectivity index (χ3n) is 2.94. The molecule has 2 aromatic carbocycles. The lowest BCUT2D eigenvalue weighted by Crippen LogP contribution is -2.24. The number of hydrogen-bond donors (Lipinski definition) is 2. The second-order valence-electron chi connectivity index (χ2n) is 4.85. The van der Waals surface area contributed by atoms with E-state index >= 15 is 0 Å². The molecule has 0 radical (unpaired) electrons. The molecular formula is C16H16ClN3O4S2. The Labute approximate surface area is 161 Å². The molecule has 26 heavy (non-hydrogen) atoms. The molecular weight excluding hydrogens is 398 g/mol. The van der Waals surface area contributed by atoms with Crippen LogP contribution in [-0.4, -0.2) is 26.4 Å². The highest BCUT2D eigenvalue weighted by atomic mass is 35.5. The maximum atomic E-state index is 12.4. The van der Waals surface area contributed by atoms with Crippen molar-refractivity contribution in [2.45, 2.75) is 11.8 Å². The van der Waals surface area contributed by atoms with Gasteiger partial charge in [-0.3, -0.25) is 5.43 Å². The second kappa shape index (κ2) is 8.84. The van der Waals surface area contributed by atoms with Gasteiger partial charge in [0.15, 0.2) is 10.9 Å². The highest BCUT2D eigenvalue weighted by Crippen LogP contribution is 2.38. The van der Waals surface area contributed by atoms with Crippen LogP contribution in [0.3, 0.4) is 0 Å². The summed E-state index contributed by atoms with van der Waals surface area (Å²) < 4.78 is 35.6. The second-order valence-corrected chi connectivity index (χ2v) is 7.24. The normalized spacial score (nSPS) is 11.3. The SMILES string of the molecule is CCOc1cc(/C=N\NC(N)=S)cc(Cl)c1OS(=O)(=O)c1ccccc1. The molecule has 0 bridgehead atoms. The van der Waals surface area contributed by atoms with Crippen molar-refractivity contribution in [2.24, 2.45) is 10.8 Å². The third-order valence-corrected chi connectivity index (χ3v) is 4.55. The van der Waals surface area contributed by atoms with E-state index in [2.05, 4.69) is 22.7 Å². The van der Waals surface area contributed by atoms with E-state index < -0.39 is 10.1 Å². The molecule has 0 amide bonds. The summed E-state index contributed by atoms with van der Waals surface area (Å²) in [7, 11) is -4.06. The van der Waals surface area contributed by atoms with E-state index in [0.717, 1.165) is 0 Å². The molecule has 0 atom stereocenters. The van der Waals surface area contributed by atoms with Gasteiger partial charge in [0.1, 0.15) is 4.90 Å². The summed E-state index contributed by atoms with van der Waals surface area (Å²) in [4.78, 5) is 0.00446. The minimum atomic E-state index is -4.06. The predicted octanol–water partition coefficient (Wildman–Crippen LogP) is 2.67. The molecule has 3 N–H and O–H groups in total. The minimum absolute atomic E-state index is 0.00446. The molecule has 0 aliphatic heterocycles. The molecule has 0 spiro atoms. The van der Waals surface area contributed by atoms with Gasteiger partial charge >= 0.3 is 10.1 Å². The van der Waals surface area contributed by atoms with Crippen molar-refractivity contribution >= 4 is 45.3 Å². The Morgan fingerprint density at radius 1 is 1.35 bits per heavy atom. The van der Waals surface area contributed by atoms with Crippen LogP contribution in [0.25, 0.3) is 0 Å². The van der Waals surface area contributed by atoms with Gasteiger partial charge in [-0.25, -0.2) is 0 Å². The van der Waals surface area contributed by atoms with E-state index in [1.165, 1.54) is 30.5 Å². The first kappa shape index (κ1) is 20.0. The molecule has 2 aromatic rings. The Bertz CT molecular complexity index is 919. The Morgan fingerprint density at radius 2 is 2.04 bits per heavy atom. The van der Waals surface area contributed by atoms with E-state index in [9.17, 15) is 8.42 Å². The van der Waals surface area contributed by atoms with Gasteiger partial charge in [-0.15, -0.1) is 0 Å². The minimum Gasteiger partial charge on any atom is -0.490 e. The van der Waals surface area contributed by atoms with Gasteiger partial charge in [0.05, 0.1) is 17.8 Å². The van der Waals surface area contributed by atoms with Gasteiger partial charge in [-0.2, -0.15) is 13.5 Å². The van der Waals surface area contributed by atoms with E-state index in [4.69, 9.17) is 26.3 Å². The third kappa shape index (κ3) is 5.32. The molecule has 138 valence electrons. The standard InChI is InChI=1S/C16H16ClN3O4S2/c1-2-23-14-9-11(10-19-20-16(18)25)8-13(17)15(14)24-26(21,22)12-6-4-3-5-7-12/h3-10H,2H2,1H3,(H3,18,20,25)/b19-10-. The lowest BCUT2D eigenvalue weighted by atomic mass is 10.2. The summed E-state index contributed by atoms with van der Waals surface area (Å²) in [6, 6.07) is 10.7. The van der Waals surface area contributed by atoms with Crippen LogP contribution in [0.15, 0.2) is 52.5 Å². The molecule has 10 heteroatoms. The van der Waals surface area contributed by atoms with Crippen molar-refractivity contribution in [2.75, 3.05) is 6.61 Å². The first-order chi connectivity index (χ1) is 12.3. The van der Waals surface area contributed by atoms with Crippen LogP contribution in [0, 0.1) is 0 Å². The lowest BCUT2D eigenvalue weighted by Gasteiger charge is -2.14. The molecule has 0 saturated heterocycles. The number of nitrogens with one attached hydrogen (secondary N) is 1. The Balaban J connectivity index is 2.38. The van der Waals surface area contributed by atoms with E-state index in [1.807, 2.05) is 0 Å². The van der Waals surface area contributed by atoms with Crippen LogP contribution >= 0.6 is 23.8 Å². The summed E-state index contributed by atoms with van der Waals surface area (Å²) in [6.07, 6.45) is 1.41. The first-order valence-electron chi connectivity index (χ1n) is 7.38.